The fourth-order valence-corrected chi connectivity index (χ4v) is 6.04. The number of nitrogens with zero attached hydrogens (tertiary/aromatic N) is 2. The summed E-state index contributed by atoms with van der Waals surface area (Å²) in [5, 5.41) is 14.0. The first-order chi connectivity index (χ1) is 21.7. The van der Waals surface area contributed by atoms with E-state index in [-0.39, 0.29) is 43.0 Å². The normalized spacial score (nSPS) is 15.3. The number of amides is 5. The zero-order chi connectivity index (χ0) is 32.8. The minimum atomic E-state index is -1.09. The number of anilines is 1. The number of imide groups is 2. The lowest BCUT2D eigenvalue weighted by Crippen LogP contribution is -2.54. The zero-order valence-corrected chi connectivity index (χ0v) is 25.9. The van der Waals surface area contributed by atoms with Gasteiger partial charge in [-0.05, 0) is 24.1 Å². The highest BCUT2D eigenvalue weighted by atomic mass is 33.1. The summed E-state index contributed by atoms with van der Waals surface area (Å²) in [4.78, 5) is 83.0. The molecule has 14 nitrogen and oxygen atoms in total. The molecule has 2 aliphatic heterocycles. The lowest BCUT2D eigenvalue weighted by molar-refractivity contribution is -0.138. The molecule has 1 atom stereocenters. The number of carbonyl (C=O) groups excluding carboxylic acids is 6. The third kappa shape index (κ3) is 9.97. The summed E-state index contributed by atoms with van der Waals surface area (Å²) in [7, 11) is 4.64. The molecule has 3 N–H and O–H groups in total. The minimum absolute atomic E-state index is 0.114. The molecule has 5 amide bonds. The maximum Gasteiger partial charge on any atom is 0.410 e. The third-order valence-electron chi connectivity index (χ3n) is 6.37. The van der Waals surface area contributed by atoms with Crippen LogP contribution in [-0.2, 0) is 35.2 Å². The number of ether oxygens (including phenoxy) is 2. The first-order valence-electron chi connectivity index (χ1n) is 13.7. The largest absolute Gasteiger partial charge is 0.480 e. The molecule has 0 aromatic heterocycles. The summed E-state index contributed by atoms with van der Waals surface area (Å²) in [6, 6.07) is 13.1. The van der Waals surface area contributed by atoms with E-state index in [9.17, 15) is 33.6 Å². The summed E-state index contributed by atoms with van der Waals surface area (Å²) < 4.78 is 9.65. The average molecular weight is 661 g/mol. The highest BCUT2D eigenvalue weighted by Gasteiger charge is 2.45. The van der Waals surface area contributed by atoms with Crippen molar-refractivity contribution in [2.45, 2.75) is 25.4 Å². The molecule has 0 bridgehead atoms. The number of hydrogen-bond acceptors (Lipinski definition) is 12. The van der Waals surface area contributed by atoms with Gasteiger partial charge in [0.15, 0.2) is 0 Å². The van der Waals surface area contributed by atoms with Gasteiger partial charge in [-0.3, -0.25) is 43.9 Å². The third-order valence-corrected chi connectivity index (χ3v) is 8.70. The van der Waals surface area contributed by atoms with Gasteiger partial charge in [0.1, 0.15) is 25.8 Å². The summed E-state index contributed by atoms with van der Waals surface area (Å²) in [5.41, 5.74) is 1.92. The van der Waals surface area contributed by atoms with E-state index in [1.165, 1.54) is 21.6 Å². The molecular formula is C29H32N4O10S2. The van der Waals surface area contributed by atoms with Crippen LogP contribution in [-0.4, -0.2) is 101 Å². The Morgan fingerprint density at radius 3 is 2.40 bits per heavy atom. The van der Waals surface area contributed by atoms with Crippen molar-refractivity contribution < 1.29 is 48.1 Å². The molecule has 1 unspecified atom stereocenters. The number of nitrogens with one attached hydrogen (secondary N) is 2. The number of fused-ring (bicyclic) bond motifs is 1. The van der Waals surface area contributed by atoms with Crippen LogP contribution in [0.2, 0.25) is 0 Å². The summed E-state index contributed by atoms with van der Waals surface area (Å²) >= 11 is 0. The van der Waals surface area contributed by atoms with Crippen LogP contribution in [0.3, 0.4) is 0 Å². The van der Waals surface area contributed by atoms with E-state index >= 15 is 0 Å². The maximum atomic E-state index is 12.5. The van der Waals surface area contributed by atoms with Gasteiger partial charge in [0, 0.05) is 37.2 Å². The first-order valence-corrected chi connectivity index (χ1v) is 16.2. The Morgan fingerprint density at radius 1 is 1.04 bits per heavy atom. The molecule has 4 rings (SSSR count). The van der Waals surface area contributed by atoms with E-state index in [1.54, 1.807) is 25.2 Å². The Bertz CT molecular complexity index is 1410. The molecule has 240 valence electrons. The van der Waals surface area contributed by atoms with E-state index < -0.39 is 42.4 Å². The van der Waals surface area contributed by atoms with Gasteiger partial charge in [0.25, 0.3) is 18.3 Å². The number of carbonyl (C=O) groups is 7. The predicted octanol–water partition coefficient (Wildman–Crippen LogP) is 2.39. The number of piperidine rings is 1. The van der Waals surface area contributed by atoms with Gasteiger partial charge >= 0.3 is 12.1 Å². The first kappa shape index (κ1) is 34.9. The molecule has 1 saturated heterocycles. The Morgan fingerprint density at radius 2 is 1.76 bits per heavy atom. The second-order valence-electron chi connectivity index (χ2n) is 9.39. The van der Waals surface area contributed by atoms with Crippen LogP contribution in [0.15, 0.2) is 48.5 Å². The standard InChI is InChI=1S/C15H19NO6S2.C14H13N3O4/c17-12-21-6-8-23-24-9-7-22-15(20)16(11-14(18)19)10-13-4-2-1-3-5-13;1-15-8-4-2-3-7-11(8)14(21)17(13(7)20)9-5-6-10(18)16-12(9)19/h1-5,12H,6-11H2,(H,18,19);2-4,9,15H,5-6H2,1H3,(H,16,18,19). The Balaban J connectivity index is 0.000000247. The molecule has 2 heterocycles. The smallest absolute Gasteiger partial charge is 0.410 e. The zero-order valence-electron chi connectivity index (χ0n) is 24.3. The second-order valence-corrected chi connectivity index (χ2v) is 12.1. The minimum Gasteiger partial charge on any atom is -0.480 e. The fourth-order valence-electron chi connectivity index (χ4n) is 4.38. The van der Waals surface area contributed by atoms with Gasteiger partial charge in [-0.1, -0.05) is 58.0 Å². The molecule has 16 heteroatoms. The monoisotopic (exact) mass is 660 g/mol. The van der Waals surface area contributed by atoms with Gasteiger partial charge in [0.05, 0.1) is 11.1 Å². The number of carboxylic acid groups (broad SMARTS) is 1. The van der Waals surface area contributed by atoms with Crippen LogP contribution in [0.5, 0.6) is 0 Å². The average Bonchev–Trinajstić information content (AvgIpc) is 3.28. The van der Waals surface area contributed by atoms with E-state index in [0.717, 1.165) is 15.4 Å². The molecule has 0 radical (unpaired) electrons. The summed E-state index contributed by atoms with van der Waals surface area (Å²) in [6.07, 6.45) is -0.385. The highest BCUT2D eigenvalue weighted by molar-refractivity contribution is 8.76. The van der Waals surface area contributed by atoms with Crippen molar-refractivity contribution in [2.24, 2.45) is 0 Å². The number of rotatable bonds is 14. The molecule has 1 fully saturated rings. The quantitative estimate of drug-likeness (QED) is 0.116. The second kappa shape index (κ2) is 17.7. The number of benzene rings is 2. The van der Waals surface area contributed by atoms with E-state index in [2.05, 4.69) is 15.4 Å². The highest BCUT2D eigenvalue weighted by Crippen LogP contribution is 2.32. The fraction of sp³-hybridized carbons (Fsp3) is 0.345. The summed E-state index contributed by atoms with van der Waals surface area (Å²) in [6.45, 7) is 0.673. The number of carboxylic acids is 1. The van der Waals surface area contributed by atoms with E-state index in [4.69, 9.17) is 9.84 Å². The molecule has 2 aromatic rings. The van der Waals surface area contributed by atoms with Gasteiger partial charge in [0.2, 0.25) is 11.8 Å². The molecule has 0 saturated carbocycles. The van der Waals surface area contributed by atoms with Crippen molar-refractivity contribution in [3.63, 3.8) is 0 Å². The SMILES string of the molecule is CNc1cccc2c1C(=O)N(C1CCC(=O)NC1=O)C2=O.O=COCCSSCCOC(=O)N(CC(=O)O)Cc1ccccc1. The molecule has 0 aliphatic carbocycles. The predicted molar refractivity (Wildman–Crippen MR) is 165 cm³/mol. The number of aliphatic carboxylic acids is 1. The van der Waals surface area contributed by atoms with Gasteiger partial charge in [-0.25, -0.2) is 4.79 Å². The molecule has 0 spiro atoms. The molecule has 45 heavy (non-hydrogen) atoms. The number of hydrogen-bond donors (Lipinski definition) is 3. The van der Waals surface area contributed by atoms with Crippen LogP contribution in [0.4, 0.5) is 10.5 Å². The molecule has 2 aliphatic rings. The van der Waals surface area contributed by atoms with Crippen molar-refractivity contribution in [3.05, 3.63) is 65.2 Å². The van der Waals surface area contributed by atoms with Crippen molar-refractivity contribution in [2.75, 3.05) is 43.6 Å². The molecular weight excluding hydrogens is 628 g/mol. The van der Waals surface area contributed by atoms with Crippen LogP contribution in [0.1, 0.15) is 39.1 Å². The van der Waals surface area contributed by atoms with Crippen molar-refractivity contribution in [3.8, 4) is 0 Å². The Labute approximate surface area is 266 Å². The maximum absolute atomic E-state index is 12.5. The van der Waals surface area contributed by atoms with Crippen LogP contribution in [0, 0.1) is 0 Å². The van der Waals surface area contributed by atoms with Crippen LogP contribution < -0.4 is 10.6 Å². The van der Waals surface area contributed by atoms with Crippen LogP contribution in [0.25, 0.3) is 0 Å². The summed E-state index contributed by atoms with van der Waals surface area (Å²) in [5.74, 6) is -1.88. The van der Waals surface area contributed by atoms with Crippen molar-refractivity contribution in [1.82, 2.24) is 15.1 Å². The Hall–Kier alpha value is -4.57. The van der Waals surface area contributed by atoms with Crippen LogP contribution >= 0.6 is 21.6 Å². The van der Waals surface area contributed by atoms with Gasteiger partial charge in [-0.2, -0.15) is 0 Å². The van der Waals surface area contributed by atoms with E-state index in [0.29, 0.717) is 30.3 Å². The molecule has 2 aromatic carbocycles. The van der Waals surface area contributed by atoms with Crippen molar-refractivity contribution in [1.29, 1.82) is 0 Å². The van der Waals surface area contributed by atoms with E-state index in [1.807, 2.05) is 30.3 Å². The Kier molecular flexibility index (Phi) is 13.7. The topological polar surface area (TPSA) is 189 Å². The van der Waals surface area contributed by atoms with Crippen molar-refractivity contribution >= 4 is 69.4 Å². The lowest BCUT2D eigenvalue weighted by Gasteiger charge is -2.27. The van der Waals surface area contributed by atoms with Gasteiger partial charge in [-0.15, -0.1) is 0 Å². The lowest BCUT2D eigenvalue weighted by atomic mass is 10.0. The van der Waals surface area contributed by atoms with Gasteiger partial charge < -0.3 is 19.9 Å².